The maximum absolute atomic E-state index is 13.1. The zero-order valence-electron chi connectivity index (χ0n) is 19.7. The Morgan fingerprint density at radius 3 is 2.47 bits per heavy atom. The molecule has 1 N–H and O–H groups in total. The molecule has 9 nitrogen and oxygen atoms in total. The first-order valence-corrected chi connectivity index (χ1v) is 11.4. The van der Waals surface area contributed by atoms with Crippen molar-refractivity contribution in [3.8, 4) is 11.5 Å². The van der Waals surface area contributed by atoms with Crippen LogP contribution in [0.25, 0.3) is 0 Å². The Kier molecular flexibility index (Phi) is 7.20. The number of piperazine rings is 1. The summed E-state index contributed by atoms with van der Waals surface area (Å²) < 4.78 is 16.0. The van der Waals surface area contributed by atoms with Crippen LogP contribution < -0.4 is 19.7 Å². The van der Waals surface area contributed by atoms with Gasteiger partial charge in [0.2, 0.25) is 11.9 Å². The number of benzene rings is 2. The van der Waals surface area contributed by atoms with Crippen LogP contribution in [0.2, 0.25) is 0 Å². The quantitative estimate of drug-likeness (QED) is 0.516. The number of rotatable bonds is 6. The number of guanidine groups is 1. The predicted molar refractivity (Wildman–Crippen MR) is 128 cm³/mol. The van der Waals surface area contributed by atoms with Crippen LogP contribution in [0.5, 0.6) is 11.5 Å². The predicted octanol–water partition coefficient (Wildman–Crippen LogP) is 2.23. The van der Waals surface area contributed by atoms with Gasteiger partial charge in [0.25, 0.3) is 0 Å². The number of para-hydroxylation sites is 1. The lowest BCUT2D eigenvalue weighted by molar-refractivity contribution is -0.153. The highest BCUT2D eigenvalue weighted by molar-refractivity contribution is 6.08. The summed E-state index contributed by atoms with van der Waals surface area (Å²) in [6.45, 7) is 4.74. The lowest BCUT2D eigenvalue weighted by Crippen LogP contribution is -2.57. The van der Waals surface area contributed by atoms with Gasteiger partial charge in [-0.25, -0.2) is 4.99 Å². The Morgan fingerprint density at radius 2 is 1.76 bits per heavy atom. The van der Waals surface area contributed by atoms with E-state index in [4.69, 9.17) is 19.2 Å². The molecule has 0 unspecified atom stereocenters. The molecule has 9 heteroatoms. The summed E-state index contributed by atoms with van der Waals surface area (Å²) in [6, 6.07) is 14.5. The number of hydrogen-bond donors (Lipinski definition) is 1. The van der Waals surface area contributed by atoms with E-state index < -0.39 is 23.8 Å². The number of anilines is 1. The van der Waals surface area contributed by atoms with Crippen LogP contribution in [0.15, 0.2) is 53.5 Å². The SMILES string of the molecule is CCOC(=O)[C@@H]1C(=O)NC(N2CCN(c3cccc(OC)c3)CC2)=N[C@H]1c1ccccc1OC. The largest absolute Gasteiger partial charge is 0.497 e. The van der Waals surface area contributed by atoms with Crippen LogP contribution in [0.1, 0.15) is 18.5 Å². The Bertz CT molecular complexity index is 1060. The average Bonchev–Trinajstić information content (AvgIpc) is 2.88. The summed E-state index contributed by atoms with van der Waals surface area (Å²) in [7, 11) is 3.21. The highest BCUT2D eigenvalue weighted by Gasteiger charge is 2.43. The number of methoxy groups -OCH3 is 2. The number of nitrogens with zero attached hydrogens (tertiary/aromatic N) is 3. The first-order chi connectivity index (χ1) is 16.5. The van der Waals surface area contributed by atoms with Crippen LogP contribution in [-0.4, -0.2) is 69.7 Å². The van der Waals surface area contributed by atoms with Gasteiger partial charge < -0.3 is 24.0 Å². The molecule has 2 aliphatic heterocycles. The van der Waals surface area contributed by atoms with E-state index in [9.17, 15) is 9.59 Å². The molecule has 0 bridgehead atoms. The minimum absolute atomic E-state index is 0.185. The van der Waals surface area contributed by atoms with Gasteiger partial charge in [-0.15, -0.1) is 0 Å². The van der Waals surface area contributed by atoms with Crippen molar-refractivity contribution in [3.05, 3.63) is 54.1 Å². The third kappa shape index (κ3) is 4.78. The summed E-state index contributed by atoms with van der Waals surface area (Å²) in [6.07, 6.45) is 0. The van der Waals surface area contributed by atoms with Crippen LogP contribution in [0, 0.1) is 5.92 Å². The summed E-state index contributed by atoms with van der Waals surface area (Å²) in [5.41, 5.74) is 1.76. The molecule has 2 aromatic rings. The van der Waals surface area contributed by atoms with Crippen molar-refractivity contribution in [2.24, 2.45) is 10.9 Å². The highest BCUT2D eigenvalue weighted by atomic mass is 16.5. The van der Waals surface area contributed by atoms with E-state index in [1.165, 1.54) is 0 Å². The normalized spacial score (nSPS) is 20.3. The second-order valence-corrected chi connectivity index (χ2v) is 8.03. The van der Waals surface area contributed by atoms with E-state index in [1.807, 2.05) is 41.3 Å². The lowest BCUT2D eigenvalue weighted by atomic mass is 9.90. The first-order valence-electron chi connectivity index (χ1n) is 11.4. The molecular formula is C25H30N4O5. The van der Waals surface area contributed by atoms with E-state index in [2.05, 4.69) is 16.3 Å². The molecule has 0 aromatic heterocycles. The van der Waals surface area contributed by atoms with Crippen molar-refractivity contribution in [2.45, 2.75) is 13.0 Å². The number of aliphatic imine (C=N–C) groups is 1. The summed E-state index contributed by atoms with van der Waals surface area (Å²) >= 11 is 0. The molecule has 2 heterocycles. The molecule has 0 spiro atoms. The molecule has 2 aromatic carbocycles. The molecule has 4 rings (SSSR count). The molecule has 1 saturated heterocycles. The molecule has 2 atom stereocenters. The summed E-state index contributed by atoms with van der Waals surface area (Å²) in [5, 5.41) is 2.84. The van der Waals surface area contributed by atoms with Crippen molar-refractivity contribution in [1.82, 2.24) is 10.2 Å². The van der Waals surface area contributed by atoms with Crippen molar-refractivity contribution in [2.75, 3.05) is 51.9 Å². The van der Waals surface area contributed by atoms with E-state index in [0.717, 1.165) is 24.5 Å². The van der Waals surface area contributed by atoms with Gasteiger partial charge in [0.15, 0.2) is 5.92 Å². The molecule has 0 radical (unpaired) electrons. The van der Waals surface area contributed by atoms with Crippen LogP contribution in [0.3, 0.4) is 0 Å². The first kappa shape index (κ1) is 23.4. The lowest BCUT2D eigenvalue weighted by Gasteiger charge is -2.39. The third-order valence-corrected chi connectivity index (χ3v) is 6.09. The third-order valence-electron chi connectivity index (χ3n) is 6.09. The second kappa shape index (κ2) is 10.5. The number of esters is 1. The number of carbonyl (C=O) groups is 2. The van der Waals surface area contributed by atoms with Crippen LogP contribution in [-0.2, 0) is 14.3 Å². The molecule has 180 valence electrons. The van der Waals surface area contributed by atoms with E-state index >= 15 is 0 Å². The number of amides is 1. The molecule has 0 saturated carbocycles. The van der Waals surface area contributed by atoms with Crippen LogP contribution >= 0.6 is 0 Å². The molecule has 1 fully saturated rings. The van der Waals surface area contributed by atoms with Gasteiger partial charge in [-0.1, -0.05) is 24.3 Å². The number of nitrogens with one attached hydrogen (secondary N) is 1. The van der Waals surface area contributed by atoms with Crippen molar-refractivity contribution in [3.63, 3.8) is 0 Å². The minimum atomic E-state index is -1.09. The van der Waals surface area contributed by atoms with Gasteiger partial charge in [0.05, 0.1) is 20.8 Å². The second-order valence-electron chi connectivity index (χ2n) is 8.03. The minimum Gasteiger partial charge on any atom is -0.497 e. The van der Waals surface area contributed by atoms with E-state index in [1.54, 1.807) is 27.2 Å². The summed E-state index contributed by atoms with van der Waals surface area (Å²) in [5.74, 6) is -0.253. The standard InChI is InChI=1S/C25H30N4O5/c1-4-34-24(31)21-22(19-10-5-6-11-20(19)33-3)26-25(27-23(21)30)29-14-12-28(13-15-29)17-8-7-9-18(16-17)32-2/h5-11,16,21-22H,4,12-15H2,1-3H3,(H,26,27,30)/t21-,22-/m0/s1. The fourth-order valence-electron chi connectivity index (χ4n) is 4.34. The maximum atomic E-state index is 13.1. The number of ether oxygens (including phenoxy) is 3. The van der Waals surface area contributed by atoms with E-state index in [0.29, 0.717) is 30.4 Å². The molecule has 1 amide bonds. The van der Waals surface area contributed by atoms with Crippen LogP contribution in [0.4, 0.5) is 5.69 Å². The fourth-order valence-corrected chi connectivity index (χ4v) is 4.34. The van der Waals surface area contributed by atoms with Crippen molar-refractivity contribution < 1.29 is 23.8 Å². The number of hydrogen-bond acceptors (Lipinski definition) is 8. The Balaban J connectivity index is 1.58. The topological polar surface area (TPSA) is 92.7 Å². The maximum Gasteiger partial charge on any atom is 0.321 e. The van der Waals surface area contributed by atoms with Gasteiger partial charge >= 0.3 is 5.97 Å². The van der Waals surface area contributed by atoms with E-state index in [-0.39, 0.29) is 6.61 Å². The summed E-state index contributed by atoms with van der Waals surface area (Å²) in [4.78, 5) is 35.0. The molecule has 34 heavy (non-hydrogen) atoms. The van der Waals surface area contributed by atoms with Gasteiger partial charge in [-0.05, 0) is 25.1 Å². The average molecular weight is 467 g/mol. The van der Waals surface area contributed by atoms with Gasteiger partial charge in [0.1, 0.15) is 17.5 Å². The Morgan fingerprint density at radius 1 is 1.03 bits per heavy atom. The number of carbonyl (C=O) groups excluding carboxylic acids is 2. The zero-order valence-corrected chi connectivity index (χ0v) is 19.7. The van der Waals surface area contributed by atoms with Gasteiger partial charge in [0, 0.05) is 43.5 Å². The Hall–Kier alpha value is -3.75. The monoisotopic (exact) mass is 466 g/mol. The van der Waals surface area contributed by atoms with Crippen molar-refractivity contribution in [1.29, 1.82) is 0 Å². The Labute approximate surface area is 199 Å². The van der Waals surface area contributed by atoms with Gasteiger partial charge in [-0.2, -0.15) is 0 Å². The molecule has 2 aliphatic rings. The fraction of sp³-hybridized carbons (Fsp3) is 0.400. The molecule has 0 aliphatic carbocycles. The molecular weight excluding hydrogens is 436 g/mol. The van der Waals surface area contributed by atoms with Crippen molar-refractivity contribution >= 4 is 23.5 Å². The highest BCUT2D eigenvalue weighted by Crippen LogP contribution is 2.36. The smallest absolute Gasteiger partial charge is 0.321 e. The zero-order chi connectivity index (χ0) is 24.1. The van der Waals surface area contributed by atoms with Gasteiger partial charge in [-0.3, -0.25) is 14.9 Å².